The Kier molecular flexibility index (Phi) is 3.10. The maximum absolute atomic E-state index is 5.69. The summed E-state index contributed by atoms with van der Waals surface area (Å²) in [6.07, 6.45) is 4.43. The number of benzene rings is 1. The molecular weight excluding hydrogens is 224 g/mol. The molecule has 2 heterocycles. The maximum atomic E-state index is 5.69. The summed E-state index contributed by atoms with van der Waals surface area (Å²) in [7, 11) is 4.29. The van der Waals surface area contributed by atoms with Crippen LogP contribution in [0, 0.1) is 0 Å². The van der Waals surface area contributed by atoms with Gasteiger partial charge in [-0.25, -0.2) is 0 Å². The maximum Gasteiger partial charge on any atom is 0.134 e. The van der Waals surface area contributed by atoms with Crippen LogP contribution in [-0.4, -0.2) is 31.6 Å². The zero-order valence-corrected chi connectivity index (χ0v) is 11.0. The number of hydrogen-bond donors (Lipinski definition) is 1. The summed E-state index contributed by atoms with van der Waals surface area (Å²) in [4.78, 5) is 2.29. The molecule has 2 unspecified atom stereocenters. The van der Waals surface area contributed by atoms with Crippen molar-refractivity contribution < 1.29 is 4.42 Å². The average Bonchev–Trinajstić information content (AvgIpc) is 3.00. The van der Waals surface area contributed by atoms with Crippen LogP contribution < -0.4 is 5.32 Å². The van der Waals surface area contributed by atoms with Gasteiger partial charge in [-0.15, -0.1) is 0 Å². The number of nitrogens with zero attached hydrogens (tertiary/aromatic N) is 1. The molecule has 1 aliphatic heterocycles. The molecule has 1 saturated heterocycles. The largest absolute Gasteiger partial charge is 0.464 e. The van der Waals surface area contributed by atoms with E-state index in [2.05, 4.69) is 36.4 Å². The van der Waals surface area contributed by atoms with E-state index in [4.69, 9.17) is 4.42 Å². The molecule has 0 aliphatic carbocycles. The SMILES string of the molecule is CN(C)C(c1coc2ccccc12)C1CCCN1. The smallest absolute Gasteiger partial charge is 0.134 e. The van der Waals surface area contributed by atoms with E-state index >= 15 is 0 Å². The van der Waals surface area contributed by atoms with Gasteiger partial charge in [0.1, 0.15) is 5.58 Å². The van der Waals surface area contributed by atoms with Crippen molar-refractivity contribution in [2.24, 2.45) is 0 Å². The van der Waals surface area contributed by atoms with E-state index in [1.54, 1.807) is 0 Å². The van der Waals surface area contributed by atoms with Gasteiger partial charge < -0.3 is 14.6 Å². The lowest BCUT2D eigenvalue weighted by Gasteiger charge is -2.29. The van der Waals surface area contributed by atoms with Crippen molar-refractivity contribution in [1.82, 2.24) is 10.2 Å². The van der Waals surface area contributed by atoms with Crippen molar-refractivity contribution >= 4 is 11.0 Å². The summed E-state index contributed by atoms with van der Waals surface area (Å²) in [5.74, 6) is 0. The fourth-order valence-corrected chi connectivity index (χ4v) is 3.06. The lowest BCUT2D eigenvalue weighted by atomic mass is 9.96. The Balaban J connectivity index is 2.03. The summed E-state index contributed by atoms with van der Waals surface area (Å²) < 4.78 is 5.69. The van der Waals surface area contributed by atoms with Gasteiger partial charge in [0.05, 0.1) is 12.3 Å². The molecule has 0 saturated carbocycles. The quantitative estimate of drug-likeness (QED) is 0.900. The van der Waals surface area contributed by atoms with Gasteiger partial charge in [-0.05, 0) is 39.5 Å². The highest BCUT2D eigenvalue weighted by molar-refractivity contribution is 5.81. The standard InChI is InChI=1S/C15H20N2O/c1-17(2)15(13-7-5-9-16-13)12-10-18-14-8-4-3-6-11(12)14/h3-4,6,8,10,13,15-16H,5,7,9H2,1-2H3. The lowest BCUT2D eigenvalue weighted by molar-refractivity contribution is 0.244. The Morgan fingerprint density at radius 2 is 2.17 bits per heavy atom. The molecule has 3 heteroatoms. The molecule has 18 heavy (non-hydrogen) atoms. The number of para-hydroxylation sites is 1. The second-order valence-corrected chi connectivity index (χ2v) is 5.30. The normalized spacial score (nSPS) is 21.8. The van der Waals surface area contributed by atoms with Gasteiger partial charge in [0.15, 0.2) is 0 Å². The molecule has 0 spiro atoms. The first kappa shape index (κ1) is 11.8. The first-order valence-electron chi connectivity index (χ1n) is 6.63. The van der Waals surface area contributed by atoms with Crippen molar-refractivity contribution in [3.8, 4) is 0 Å². The number of fused-ring (bicyclic) bond motifs is 1. The van der Waals surface area contributed by atoms with Gasteiger partial charge in [-0.2, -0.15) is 0 Å². The van der Waals surface area contributed by atoms with E-state index in [9.17, 15) is 0 Å². The second-order valence-electron chi connectivity index (χ2n) is 5.30. The number of likely N-dealkylation sites (N-methyl/N-ethyl adjacent to an activating group) is 1. The fourth-order valence-electron chi connectivity index (χ4n) is 3.06. The minimum absolute atomic E-state index is 0.385. The van der Waals surface area contributed by atoms with Crippen molar-refractivity contribution in [2.75, 3.05) is 20.6 Å². The summed E-state index contributed by atoms with van der Waals surface area (Å²) >= 11 is 0. The number of furan rings is 1. The highest BCUT2D eigenvalue weighted by atomic mass is 16.3. The molecule has 96 valence electrons. The lowest BCUT2D eigenvalue weighted by Crippen LogP contribution is -2.37. The van der Waals surface area contributed by atoms with Gasteiger partial charge in [0.25, 0.3) is 0 Å². The van der Waals surface area contributed by atoms with E-state index in [-0.39, 0.29) is 0 Å². The third-order valence-electron chi connectivity index (χ3n) is 3.87. The van der Waals surface area contributed by atoms with E-state index in [0.29, 0.717) is 12.1 Å². The number of rotatable bonds is 3. The third kappa shape index (κ3) is 1.93. The highest BCUT2D eigenvalue weighted by Gasteiger charge is 2.29. The Morgan fingerprint density at radius 1 is 1.33 bits per heavy atom. The summed E-state index contributed by atoms with van der Waals surface area (Å²) in [6.45, 7) is 1.13. The Bertz CT molecular complexity index is 526. The van der Waals surface area contributed by atoms with Crippen LogP contribution in [0.1, 0.15) is 24.4 Å². The molecule has 2 aromatic rings. The van der Waals surface area contributed by atoms with Gasteiger partial charge in [0.2, 0.25) is 0 Å². The van der Waals surface area contributed by atoms with Crippen LogP contribution in [0.2, 0.25) is 0 Å². The second kappa shape index (κ2) is 4.75. The Labute approximate surface area is 108 Å². The molecule has 1 aliphatic rings. The van der Waals surface area contributed by atoms with E-state index in [0.717, 1.165) is 12.1 Å². The summed E-state index contributed by atoms with van der Waals surface area (Å²) in [6, 6.07) is 9.20. The number of nitrogens with one attached hydrogen (secondary N) is 1. The summed E-state index contributed by atoms with van der Waals surface area (Å²) in [5.41, 5.74) is 2.28. The first-order valence-corrected chi connectivity index (χ1v) is 6.63. The Morgan fingerprint density at radius 3 is 2.89 bits per heavy atom. The van der Waals surface area contributed by atoms with Crippen molar-refractivity contribution in [1.29, 1.82) is 0 Å². The van der Waals surface area contributed by atoms with E-state index < -0.39 is 0 Å². The van der Waals surface area contributed by atoms with Crippen LogP contribution in [-0.2, 0) is 0 Å². The van der Waals surface area contributed by atoms with Crippen LogP contribution in [0.3, 0.4) is 0 Å². The number of hydrogen-bond acceptors (Lipinski definition) is 3. The van der Waals surface area contributed by atoms with Crippen molar-refractivity contribution in [3.63, 3.8) is 0 Å². The van der Waals surface area contributed by atoms with Crippen LogP contribution in [0.25, 0.3) is 11.0 Å². The minimum atomic E-state index is 0.385. The van der Waals surface area contributed by atoms with Gasteiger partial charge in [-0.1, -0.05) is 18.2 Å². The molecule has 0 bridgehead atoms. The van der Waals surface area contributed by atoms with Gasteiger partial charge in [-0.3, -0.25) is 0 Å². The predicted octanol–water partition coefficient (Wildman–Crippen LogP) is 2.79. The van der Waals surface area contributed by atoms with Crippen LogP contribution >= 0.6 is 0 Å². The van der Waals surface area contributed by atoms with Gasteiger partial charge >= 0.3 is 0 Å². The molecule has 3 nitrogen and oxygen atoms in total. The van der Waals surface area contributed by atoms with Crippen LogP contribution in [0.15, 0.2) is 34.9 Å². The molecular formula is C15H20N2O. The van der Waals surface area contributed by atoms with Crippen LogP contribution in [0.5, 0.6) is 0 Å². The molecule has 1 aromatic heterocycles. The molecule has 3 rings (SSSR count). The van der Waals surface area contributed by atoms with Gasteiger partial charge in [0, 0.05) is 17.0 Å². The topological polar surface area (TPSA) is 28.4 Å². The minimum Gasteiger partial charge on any atom is -0.464 e. The monoisotopic (exact) mass is 244 g/mol. The molecule has 0 amide bonds. The first-order chi connectivity index (χ1) is 8.77. The van der Waals surface area contributed by atoms with E-state index in [1.165, 1.54) is 23.8 Å². The predicted molar refractivity (Wildman–Crippen MR) is 73.7 cm³/mol. The fraction of sp³-hybridized carbons (Fsp3) is 0.467. The molecule has 2 atom stereocenters. The van der Waals surface area contributed by atoms with Crippen LogP contribution in [0.4, 0.5) is 0 Å². The molecule has 0 radical (unpaired) electrons. The Hall–Kier alpha value is -1.32. The highest BCUT2D eigenvalue weighted by Crippen LogP contribution is 2.33. The zero-order valence-electron chi connectivity index (χ0n) is 11.0. The molecule has 1 fully saturated rings. The molecule has 1 N–H and O–H groups in total. The van der Waals surface area contributed by atoms with E-state index in [1.807, 2.05) is 18.4 Å². The van der Waals surface area contributed by atoms with Crippen molar-refractivity contribution in [3.05, 3.63) is 36.1 Å². The molecule has 1 aromatic carbocycles. The third-order valence-corrected chi connectivity index (χ3v) is 3.87. The average molecular weight is 244 g/mol. The van der Waals surface area contributed by atoms with Crippen molar-refractivity contribution in [2.45, 2.75) is 24.9 Å². The summed E-state index contributed by atoms with van der Waals surface area (Å²) in [5, 5.41) is 4.85. The zero-order chi connectivity index (χ0) is 12.5.